The number of hydrogen-bond donors (Lipinski definition) is 2. The van der Waals surface area contributed by atoms with Crippen LogP contribution in [-0.4, -0.2) is 0 Å². The van der Waals surface area contributed by atoms with Gasteiger partial charge in [0.2, 0.25) is 0 Å². The van der Waals surface area contributed by atoms with Crippen LogP contribution in [0.15, 0.2) is 24.3 Å². The molecule has 0 bridgehead atoms. The van der Waals surface area contributed by atoms with Gasteiger partial charge in [-0.15, -0.1) is 0 Å². The predicted molar refractivity (Wildman–Crippen MR) is 56.4 cm³/mol. The molecule has 72 valence electrons. The summed E-state index contributed by atoms with van der Waals surface area (Å²) in [5, 5.41) is 0.749. The second-order valence-corrected chi connectivity index (χ2v) is 3.88. The first-order valence-corrected chi connectivity index (χ1v) is 4.74. The molecule has 0 radical (unpaired) electrons. The molecule has 0 aliphatic carbocycles. The number of nitrogens with one attached hydrogen (secondary N) is 1. The van der Waals surface area contributed by atoms with Gasteiger partial charge >= 0.3 is 0 Å². The van der Waals surface area contributed by atoms with Crippen LogP contribution in [-0.2, 0) is 0 Å². The summed E-state index contributed by atoms with van der Waals surface area (Å²) in [6, 6.07) is 7.92. The molecule has 0 saturated heterocycles. The van der Waals surface area contributed by atoms with Crippen LogP contribution in [0.3, 0.4) is 0 Å². The quantitative estimate of drug-likeness (QED) is 0.579. The van der Waals surface area contributed by atoms with E-state index >= 15 is 0 Å². The summed E-state index contributed by atoms with van der Waals surface area (Å²) in [6.07, 6.45) is 0. The summed E-state index contributed by atoms with van der Waals surface area (Å²) >= 11 is 5.88. The average molecular weight is 199 g/mol. The second kappa shape index (κ2) is 4.61. The lowest BCUT2D eigenvalue weighted by Crippen LogP contribution is -2.31. The molecule has 1 atom stereocenters. The molecule has 3 N–H and O–H groups in total. The highest BCUT2D eigenvalue weighted by atomic mass is 35.5. The van der Waals surface area contributed by atoms with Gasteiger partial charge in [0.1, 0.15) is 0 Å². The number of hydrogen-bond acceptors (Lipinski definition) is 2. The van der Waals surface area contributed by atoms with Crippen LogP contribution >= 0.6 is 11.6 Å². The van der Waals surface area contributed by atoms with Crippen molar-refractivity contribution >= 4 is 11.6 Å². The van der Waals surface area contributed by atoms with Crippen molar-refractivity contribution in [3.8, 4) is 0 Å². The van der Waals surface area contributed by atoms with E-state index in [9.17, 15) is 0 Å². The average Bonchev–Trinajstić information content (AvgIpc) is 2.04. The molecule has 0 heterocycles. The van der Waals surface area contributed by atoms with Gasteiger partial charge in [0.05, 0.1) is 0 Å². The minimum Gasteiger partial charge on any atom is -0.271 e. The number of benzene rings is 1. The summed E-state index contributed by atoms with van der Waals surface area (Å²) in [4.78, 5) is 0. The topological polar surface area (TPSA) is 38.0 Å². The molecular weight excluding hydrogens is 184 g/mol. The Morgan fingerprint density at radius 1 is 1.38 bits per heavy atom. The van der Waals surface area contributed by atoms with E-state index in [1.807, 2.05) is 24.3 Å². The van der Waals surface area contributed by atoms with Crippen LogP contribution in [0.1, 0.15) is 25.5 Å². The van der Waals surface area contributed by atoms with Crippen molar-refractivity contribution in [3.05, 3.63) is 34.9 Å². The van der Waals surface area contributed by atoms with E-state index < -0.39 is 0 Å². The van der Waals surface area contributed by atoms with Gasteiger partial charge in [-0.25, -0.2) is 0 Å². The van der Waals surface area contributed by atoms with E-state index in [1.165, 1.54) is 0 Å². The highest BCUT2D eigenvalue weighted by molar-refractivity contribution is 6.30. The highest BCUT2D eigenvalue weighted by Crippen LogP contribution is 2.22. The molecule has 2 nitrogen and oxygen atoms in total. The van der Waals surface area contributed by atoms with Crippen molar-refractivity contribution in [3.63, 3.8) is 0 Å². The first kappa shape index (κ1) is 10.5. The fraction of sp³-hybridized carbons (Fsp3) is 0.400. The molecule has 0 aromatic heterocycles. The van der Waals surface area contributed by atoms with E-state index in [4.69, 9.17) is 17.4 Å². The largest absolute Gasteiger partial charge is 0.271 e. The molecule has 0 amide bonds. The summed E-state index contributed by atoms with van der Waals surface area (Å²) < 4.78 is 0. The Hall–Kier alpha value is -0.570. The van der Waals surface area contributed by atoms with Crippen LogP contribution in [0, 0.1) is 5.92 Å². The lowest BCUT2D eigenvalue weighted by atomic mass is 9.97. The second-order valence-electron chi connectivity index (χ2n) is 3.44. The van der Waals surface area contributed by atoms with E-state index in [0.29, 0.717) is 5.92 Å². The standard InChI is InChI=1S/C10H15ClN2/c1-7(2)10(13-12)8-4-3-5-9(11)6-8/h3-7,10,13H,12H2,1-2H3. The number of rotatable bonds is 3. The van der Waals surface area contributed by atoms with Crippen LogP contribution in [0.4, 0.5) is 0 Å². The number of halogens is 1. The summed E-state index contributed by atoms with van der Waals surface area (Å²) in [5.41, 5.74) is 3.92. The highest BCUT2D eigenvalue weighted by Gasteiger charge is 2.13. The van der Waals surface area contributed by atoms with E-state index in [1.54, 1.807) is 0 Å². The molecule has 3 heteroatoms. The SMILES string of the molecule is CC(C)C(NN)c1cccc(Cl)c1. The monoisotopic (exact) mass is 198 g/mol. The van der Waals surface area contributed by atoms with Gasteiger partial charge in [-0.1, -0.05) is 37.6 Å². The van der Waals surface area contributed by atoms with E-state index in [0.717, 1.165) is 10.6 Å². The molecule has 0 aliphatic heterocycles. The molecule has 1 aromatic rings. The maximum absolute atomic E-state index is 5.88. The van der Waals surface area contributed by atoms with Gasteiger partial charge in [-0.2, -0.15) is 0 Å². The van der Waals surface area contributed by atoms with Crippen molar-refractivity contribution in [2.24, 2.45) is 11.8 Å². The first-order valence-electron chi connectivity index (χ1n) is 4.36. The normalized spacial score (nSPS) is 13.3. The van der Waals surface area contributed by atoms with Gasteiger partial charge in [0.25, 0.3) is 0 Å². The summed E-state index contributed by atoms with van der Waals surface area (Å²) in [6.45, 7) is 4.23. The van der Waals surface area contributed by atoms with E-state index in [-0.39, 0.29) is 6.04 Å². The van der Waals surface area contributed by atoms with Gasteiger partial charge in [-0.3, -0.25) is 11.3 Å². The van der Waals surface area contributed by atoms with Crippen LogP contribution in [0.2, 0.25) is 5.02 Å². The van der Waals surface area contributed by atoms with Crippen LogP contribution in [0.5, 0.6) is 0 Å². The minimum absolute atomic E-state index is 0.165. The molecule has 13 heavy (non-hydrogen) atoms. The van der Waals surface area contributed by atoms with Gasteiger partial charge in [0.15, 0.2) is 0 Å². The lowest BCUT2D eigenvalue weighted by Gasteiger charge is -2.20. The fourth-order valence-corrected chi connectivity index (χ4v) is 1.57. The molecule has 1 unspecified atom stereocenters. The zero-order valence-electron chi connectivity index (χ0n) is 7.92. The number of nitrogens with two attached hydrogens (primary N) is 1. The Labute approximate surface area is 84.1 Å². The van der Waals surface area contributed by atoms with Gasteiger partial charge in [-0.05, 0) is 23.6 Å². The van der Waals surface area contributed by atoms with Gasteiger partial charge < -0.3 is 0 Å². The first-order chi connectivity index (χ1) is 6.15. The fourth-order valence-electron chi connectivity index (χ4n) is 1.37. The Balaban J connectivity index is 2.91. The maximum atomic E-state index is 5.88. The smallest absolute Gasteiger partial charge is 0.0483 e. The van der Waals surface area contributed by atoms with E-state index in [2.05, 4.69) is 19.3 Å². The van der Waals surface area contributed by atoms with Crippen molar-refractivity contribution in [1.29, 1.82) is 0 Å². The Morgan fingerprint density at radius 3 is 2.54 bits per heavy atom. The summed E-state index contributed by atoms with van der Waals surface area (Å²) in [7, 11) is 0. The Kier molecular flexibility index (Phi) is 3.72. The van der Waals surface area contributed by atoms with Crippen LogP contribution in [0.25, 0.3) is 0 Å². The van der Waals surface area contributed by atoms with Crippen LogP contribution < -0.4 is 11.3 Å². The Morgan fingerprint density at radius 2 is 2.08 bits per heavy atom. The van der Waals surface area contributed by atoms with Gasteiger partial charge in [0, 0.05) is 11.1 Å². The third-order valence-electron chi connectivity index (χ3n) is 2.05. The third kappa shape index (κ3) is 2.69. The molecule has 0 saturated carbocycles. The molecule has 1 rings (SSSR count). The molecule has 1 aromatic carbocycles. The maximum Gasteiger partial charge on any atom is 0.0483 e. The van der Waals surface area contributed by atoms with Crippen molar-refractivity contribution < 1.29 is 0 Å². The predicted octanol–water partition coefficient (Wildman–Crippen LogP) is 2.50. The summed E-state index contributed by atoms with van der Waals surface area (Å²) in [5.74, 6) is 5.91. The van der Waals surface area contributed by atoms with Crippen molar-refractivity contribution in [2.75, 3.05) is 0 Å². The molecule has 0 fully saturated rings. The third-order valence-corrected chi connectivity index (χ3v) is 2.29. The molecule has 0 aliphatic rings. The van der Waals surface area contributed by atoms with Crippen molar-refractivity contribution in [2.45, 2.75) is 19.9 Å². The number of hydrazine groups is 1. The zero-order chi connectivity index (χ0) is 9.84. The molecule has 0 spiro atoms. The van der Waals surface area contributed by atoms with Crippen molar-refractivity contribution in [1.82, 2.24) is 5.43 Å². The minimum atomic E-state index is 0.165. The lowest BCUT2D eigenvalue weighted by molar-refractivity contribution is 0.421. The zero-order valence-corrected chi connectivity index (χ0v) is 8.68. The molecular formula is C10H15ClN2. The Bertz CT molecular complexity index is 273.